The van der Waals surface area contributed by atoms with Crippen LogP contribution in [0.3, 0.4) is 0 Å². The van der Waals surface area contributed by atoms with Gasteiger partial charge in [0.2, 0.25) is 0 Å². The SMILES string of the molecule is Cc1cc(C)c(C)c(C2(C)c3ccc(C(C)C)cc3N=CN2C)c1. The van der Waals surface area contributed by atoms with Gasteiger partial charge in [0.1, 0.15) is 0 Å². The molecule has 2 aromatic rings. The summed E-state index contributed by atoms with van der Waals surface area (Å²) in [6, 6.07) is 11.4. The summed E-state index contributed by atoms with van der Waals surface area (Å²) >= 11 is 0. The zero-order valence-electron chi connectivity index (χ0n) is 15.9. The third-order valence-corrected chi connectivity index (χ3v) is 5.62. The van der Waals surface area contributed by atoms with Crippen molar-refractivity contribution in [3.63, 3.8) is 0 Å². The van der Waals surface area contributed by atoms with E-state index >= 15 is 0 Å². The summed E-state index contributed by atoms with van der Waals surface area (Å²) < 4.78 is 0. The van der Waals surface area contributed by atoms with E-state index in [0.717, 1.165) is 5.69 Å². The standard InChI is InChI=1S/C22H28N2/c1-14(2)18-8-9-19-21(12-18)23-13-24(7)22(19,6)20-11-15(3)10-16(4)17(20)5/h8-14H,1-7H3. The van der Waals surface area contributed by atoms with Crippen molar-refractivity contribution < 1.29 is 0 Å². The van der Waals surface area contributed by atoms with Gasteiger partial charge in [0.15, 0.2) is 0 Å². The average molecular weight is 320 g/mol. The van der Waals surface area contributed by atoms with Crippen molar-refractivity contribution in [2.45, 2.75) is 53.0 Å². The molecule has 1 aliphatic heterocycles. The summed E-state index contributed by atoms with van der Waals surface area (Å²) in [7, 11) is 2.12. The van der Waals surface area contributed by atoms with Gasteiger partial charge in [-0.15, -0.1) is 0 Å². The van der Waals surface area contributed by atoms with Gasteiger partial charge < -0.3 is 4.90 Å². The lowest BCUT2D eigenvalue weighted by molar-refractivity contribution is 0.290. The Bertz CT molecular complexity index is 817. The predicted molar refractivity (Wildman–Crippen MR) is 104 cm³/mol. The van der Waals surface area contributed by atoms with Crippen LogP contribution < -0.4 is 0 Å². The predicted octanol–water partition coefficient (Wildman–Crippen LogP) is 5.60. The lowest BCUT2D eigenvalue weighted by atomic mass is 9.77. The van der Waals surface area contributed by atoms with Gasteiger partial charge >= 0.3 is 0 Å². The van der Waals surface area contributed by atoms with E-state index in [4.69, 9.17) is 4.99 Å². The van der Waals surface area contributed by atoms with E-state index in [1.54, 1.807) is 0 Å². The van der Waals surface area contributed by atoms with Crippen LogP contribution in [0, 0.1) is 20.8 Å². The molecular weight excluding hydrogens is 292 g/mol. The first-order valence-electron chi connectivity index (χ1n) is 8.75. The van der Waals surface area contributed by atoms with Crippen molar-refractivity contribution in [2.75, 3.05) is 7.05 Å². The summed E-state index contributed by atoms with van der Waals surface area (Å²) in [5.74, 6) is 0.513. The fourth-order valence-electron chi connectivity index (χ4n) is 3.76. The third kappa shape index (κ3) is 2.45. The van der Waals surface area contributed by atoms with Gasteiger partial charge in [-0.1, -0.05) is 43.7 Å². The van der Waals surface area contributed by atoms with Crippen LogP contribution in [0.2, 0.25) is 0 Å². The van der Waals surface area contributed by atoms with Gasteiger partial charge in [0.05, 0.1) is 17.6 Å². The van der Waals surface area contributed by atoms with Crippen LogP contribution in [0.25, 0.3) is 0 Å². The second-order valence-corrected chi connectivity index (χ2v) is 7.61. The molecule has 1 heterocycles. The first-order chi connectivity index (χ1) is 11.2. The molecule has 0 saturated heterocycles. The largest absolute Gasteiger partial charge is 0.352 e. The maximum Gasteiger partial charge on any atom is 0.0919 e. The number of hydrogen-bond donors (Lipinski definition) is 0. The molecule has 2 aromatic carbocycles. The Hall–Kier alpha value is -2.09. The minimum absolute atomic E-state index is 0.201. The van der Waals surface area contributed by atoms with Gasteiger partial charge in [-0.3, -0.25) is 0 Å². The third-order valence-electron chi connectivity index (χ3n) is 5.62. The van der Waals surface area contributed by atoms with Crippen LogP contribution in [0.5, 0.6) is 0 Å². The summed E-state index contributed by atoms with van der Waals surface area (Å²) in [5.41, 5.74) is 8.91. The molecule has 3 rings (SSSR count). The zero-order chi connectivity index (χ0) is 17.6. The van der Waals surface area contributed by atoms with E-state index in [-0.39, 0.29) is 5.54 Å². The average Bonchev–Trinajstić information content (AvgIpc) is 2.54. The number of benzene rings is 2. The Morgan fingerprint density at radius 3 is 2.38 bits per heavy atom. The number of hydrogen-bond acceptors (Lipinski definition) is 2. The second kappa shape index (κ2) is 5.77. The molecule has 0 fully saturated rings. The number of aliphatic imine (C=N–C) groups is 1. The van der Waals surface area contributed by atoms with Gasteiger partial charge in [-0.05, 0) is 61.9 Å². The number of fused-ring (bicyclic) bond motifs is 1. The first-order valence-corrected chi connectivity index (χ1v) is 8.75. The van der Waals surface area contributed by atoms with E-state index in [9.17, 15) is 0 Å². The van der Waals surface area contributed by atoms with Crippen LogP contribution in [-0.4, -0.2) is 18.3 Å². The lowest BCUT2D eigenvalue weighted by Crippen LogP contribution is -2.44. The summed E-state index contributed by atoms with van der Waals surface area (Å²) in [6.45, 7) is 13.4. The Kier molecular flexibility index (Phi) is 4.03. The monoisotopic (exact) mass is 320 g/mol. The van der Waals surface area contributed by atoms with Crippen molar-refractivity contribution in [2.24, 2.45) is 4.99 Å². The zero-order valence-corrected chi connectivity index (χ0v) is 15.9. The molecule has 2 heteroatoms. The molecule has 0 aromatic heterocycles. The van der Waals surface area contributed by atoms with E-state index in [0.29, 0.717) is 5.92 Å². The van der Waals surface area contributed by atoms with Gasteiger partial charge in [0, 0.05) is 12.6 Å². The molecule has 0 bridgehead atoms. The van der Waals surface area contributed by atoms with Crippen LogP contribution in [0.1, 0.15) is 60.1 Å². The van der Waals surface area contributed by atoms with Crippen LogP contribution >= 0.6 is 0 Å². The fourth-order valence-corrected chi connectivity index (χ4v) is 3.76. The topological polar surface area (TPSA) is 15.6 Å². The molecule has 1 aliphatic rings. The molecule has 1 unspecified atom stereocenters. The number of aryl methyl sites for hydroxylation is 2. The van der Waals surface area contributed by atoms with E-state index in [1.165, 1.54) is 33.4 Å². The molecule has 24 heavy (non-hydrogen) atoms. The van der Waals surface area contributed by atoms with E-state index in [1.807, 2.05) is 6.34 Å². The quantitative estimate of drug-likeness (QED) is 0.703. The second-order valence-electron chi connectivity index (χ2n) is 7.61. The minimum atomic E-state index is -0.201. The molecule has 0 saturated carbocycles. The highest BCUT2D eigenvalue weighted by molar-refractivity contribution is 5.73. The molecule has 0 N–H and O–H groups in total. The smallest absolute Gasteiger partial charge is 0.0919 e. The van der Waals surface area contributed by atoms with Gasteiger partial charge in [-0.25, -0.2) is 4.99 Å². The number of nitrogens with zero attached hydrogens (tertiary/aromatic N) is 2. The van der Waals surface area contributed by atoms with Gasteiger partial charge in [0.25, 0.3) is 0 Å². The molecule has 1 atom stereocenters. The van der Waals surface area contributed by atoms with Crippen molar-refractivity contribution in [3.05, 3.63) is 63.7 Å². The van der Waals surface area contributed by atoms with Crippen LogP contribution in [-0.2, 0) is 5.54 Å². The van der Waals surface area contributed by atoms with E-state index < -0.39 is 0 Å². The number of rotatable bonds is 2. The van der Waals surface area contributed by atoms with Crippen LogP contribution in [0.4, 0.5) is 5.69 Å². The van der Waals surface area contributed by atoms with Crippen molar-refractivity contribution in [3.8, 4) is 0 Å². The summed E-state index contributed by atoms with van der Waals surface area (Å²) in [6.07, 6.45) is 1.98. The Balaban J connectivity index is 2.27. The van der Waals surface area contributed by atoms with E-state index in [2.05, 4.69) is 83.8 Å². The maximum atomic E-state index is 4.71. The highest BCUT2D eigenvalue weighted by Gasteiger charge is 2.38. The molecular formula is C22H28N2. The minimum Gasteiger partial charge on any atom is -0.352 e. The molecule has 0 spiro atoms. The van der Waals surface area contributed by atoms with Crippen molar-refractivity contribution in [1.82, 2.24) is 4.90 Å². The summed E-state index contributed by atoms with van der Waals surface area (Å²) in [5, 5.41) is 0. The Labute approximate surface area is 146 Å². The molecule has 0 amide bonds. The molecule has 0 aliphatic carbocycles. The Morgan fingerprint density at radius 2 is 1.71 bits per heavy atom. The highest BCUT2D eigenvalue weighted by Crippen LogP contribution is 2.44. The van der Waals surface area contributed by atoms with Crippen LogP contribution in [0.15, 0.2) is 35.3 Å². The first kappa shape index (κ1) is 16.8. The maximum absolute atomic E-state index is 4.71. The highest BCUT2D eigenvalue weighted by atomic mass is 15.2. The molecule has 0 radical (unpaired) electrons. The van der Waals surface area contributed by atoms with Gasteiger partial charge in [-0.2, -0.15) is 0 Å². The lowest BCUT2D eigenvalue weighted by Gasteiger charge is -2.43. The van der Waals surface area contributed by atoms with Crippen molar-refractivity contribution in [1.29, 1.82) is 0 Å². The molecule has 126 valence electrons. The van der Waals surface area contributed by atoms with Crippen molar-refractivity contribution >= 4 is 12.0 Å². The Morgan fingerprint density at radius 1 is 1.00 bits per heavy atom. The molecule has 2 nitrogen and oxygen atoms in total. The normalized spacial score (nSPS) is 19.8. The summed E-state index contributed by atoms with van der Waals surface area (Å²) in [4.78, 5) is 6.96. The fraction of sp³-hybridized carbons (Fsp3) is 0.409.